The minimum Gasteiger partial charge on any atom is -0.388 e. The highest BCUT2D eigenvalue weighted by atomic mass is 35.5. The van der Waals surface area contributed by atoms with Crippen molar-refractivity contribution >= 4 is 40.0 Å². The molecule has 4 aromatic rings. The van der Waals surface area contributed by atoms with Crippen LogP contribution >= 0.6 is 11.6 Å². The van der Waals surface area contributed by atoms with Gasteiger partial charge in [-0.15, -0.1) is 0 Å². The van der Waals surface area contributed by atoms with Crippen molar-refractivity contribution in [1.82, 2.24) is 19.4 Å². The third kappa shape index (κ3) is 2.40. The van der Waals surface area contributed by atoms with E-state index in [1.807, 2.05) is 0 Å². The van der Waals surface area contributed by atoms with Gasteiger partial charge in [-0.2, -0.15) is 0 Å². The van der Waals surface area contributed by atoms with Crippen molar-refractivity contribution in [2.45, 2.75) is 6.61 Å². The van der Waals surface area contributed by atoms with E-state index in [9.17, 15) is 4.79 Å². The summed E-state index contributed by atoms with van der Waals surface area (Å²) >= 11 is 6.08. The molecule has 3 N–H and O–H groups in total. The maximum absolute atomic E-state index is 12.5. The lowest BCUT2D eigenvalue weighted by Crippen LogP contribution is -2.13. The number of nitrogens with zero attached hydrogens (tertiary/aromatic N) is 3. The molecule has 0 bridgehead atoms. The number of fused-ring (bicyclic) bond motifs is 2. The summed E-state index contributed by atoms with van der Waals surface area (Å²) in [4.78, 5) is 23.8. The van der Waals surface area contributed by atoms with Gasteiger partial charge in [0.05, 0.1) is 22.3 Å². The summed E-state index contributed by atoms with van der Waals surface area (Å²) in [7, 11) is 0. The molecule has 4 rings (SSSR count). The summed E-state index contributed by atoms with van der Waals surface area (Å²) in [6.45, 7) is -0.182. The Hall–Kier alpha value is -2.90. The van der Waals surface area contributed by atoms with Crippen molar-refractivity contribution in [3.8, 4) is 0 Å². The van der Waals surface area contributed by atoms with Crippen molar-refractivity contribution in [3.63, 3.8) is 0 Å². The number of carbonyl (C=O) groups excluding carboxylic acids is 1. The number of carbonyl (C=O) groups is 1. The van der Waals surface area contributed by atoms with Gasteiger partial charge in [0.1, 0.15) is 18.2 Å². The zero-order chi connectivity index (χ0) is 16.7. The molecule has 8 heteroatoms. The summed E-state index contributed by atoms with van der Waals surface area (Å²) < 4.78 is 1.71. The van der Waals surface area contributed by atoms with Crippen LogP contribution in [0.1, 0.15) is 16.2 Å². The van der Waals surface area contributed by atoms with E-state index in [4.69, 9.17) is 16.7 Å². The number of aliphatic hydroxyl groups is 1. The highest BCUT2D eigenvalue weighted by Crippen LogP contribution is 2.20. The molecule has 1 amide bonds. The van der Waals surface area contributed by atoms with Crippen LogP contribution in [0.2, 0.25) is 5.02 Å². The fourth-order valence-corrected chi connectivity index (χ4v) is 2.75. The molecule has 0 fully saturated rings. The number of imidazole rings is 2. The molecule has 3 aromatic heterocycles. The number of hydrogen-bond donors (Lipinski definition) is 3. The van der Waals surface area contributed by atoms with Crippen LogP contribution in [0.15, 0.2) is 42.7 Å². The SMILES string of the molecule is O=C(Nc1cnc2c(Cl)cccn12)c1ccc2nc(CO)[nH]c2c1. The van der Waals surface area contributed by atoms with Crippen LogP contribution in [0, 0.1) is 0 Å². The monoisotopic (exact) mass is 341 g/mol. The van der Waals surface area contributed by atoms with Crippen LogP contribution in [-0.4, -0.2) is 30.4 Å². The van der Waals surface area contributed by atoms with Gasteiger partial charge in [-0.05, 0) is 30.3 Å². The number of nitrogens with one attached hydrogen (secondary N) is 2. The van der Waals surface area contributed by atoms with E-state index in [0.29, 0.717) is 38.9 Å². The number of aliphatic hydroxyl groups excluding tert-OH is 1. The standard InChI is InChI=1S/C16H12ClN5O2/c17-10-2-1-5-22-14(7-18-15(10)22)21-16(24)9-3-4-11-12(6-9)20-13(8-23)19-11/h1-7,23H,8H2,(H,19,20)(H,21,24). The quantitative estimate of drug-likeness (QED) is 0.533. The molecular weight excluding hydrogens is 330 g/mol. The number of hydrogen-bond acceptors (Lipinski definition) is 4. The van der Waals surface area contributed by atoms with E-state index >= 15 is 0 Å². The highest BCUT2D eigenvalue weighted by molar-refractivity contribution is 6.33. The van der Waals surface area contributed by atoms with E-state index < -0.39 is 0 Å². The Morgan fingerprint density at radius 3 is 3.08 bits per heavy atom. The lowest BCUT2D eigenvalue weighted by Gasteiger charge is -2.05. The molecule has 0 atom stereocenters. The predicted molar refractivity (Wildman–Crippen MR) is 90.2 cm³/mol. The second-order valence-electron chi connectivity index (χ2n) is 5.22. The zero-order valence-corrected chi connectivity index (χ0v) is 13.1. The van der Waals surface area contributed by atoms with Crippen molar-refractivity contribution < 1.29 is 9.90 Å². The Balaban J connectivity index is 1.66. The van der Waals surface area contributed by atoms with Gasteiger partial charge in [0.2, 0.25) is 0 Å². The summed E-state index contributed by atoms with van der Waals surface area (Å²) in [5.74, 6) is 0.705. The van der Waals surface area contributed by atoms with E-state index in [1.165, 1.54) is 0 Å². The first kappa shape index (κ1) is 14.7. The summed E-state index contributed by atoms with van der Waals surface area (Å²) in [6.07, 6.45) is 3.33. The van der Waals surface area contributed by atoms with Gasteiger partial charge in [-0.3, -0.25) is 9.20 Å². The minimum atomic E-state index is -0.279. The predicted octanol–water partition coefficient (Wildman–Crippen LogP) is 2.61. The van der Waals surface area contributed by atoms with Gasteiger partial charge in [-0.25, -0.2) is 9.97 Å². The zero-order valence-electron chi connectivity index (χ0n) is 12.3. The lowest BCUT2D eigenvalue weighted by molar-refractivity contribution is 0.102. The maximum Gasteiger partial charge on any atom is 0.256 e. The van der Waals surface area contributed by atoms with E-state index in [1.54, 1.807) is 47.1 Å². The average Bonchev–Trinajstić information content (AvgIpc) is 3.19. The fourth-order valence-electron chi connectivity index (χ4n) is 2.54. The number of halogens is 1. The topological polar surface area (TPSA) is 95.3 Å². The van der Waals surface area contributed by atoms with Gasteiger partial charge >= 0.3 is 0 Å². The second kappa shape index (κ2) is 5.63. The molecule has 120 valence electrons. The molecule has 0 unspecified atom stereocenters. The van der Waals surface area contributed by atoms with Gasteiger partial charge in [-0.1, -0.05) is 11.6 Å². The van der Waals surface area contributed by atoms with Crippen molar-refractivity contribution in [2.75, 3.05) is 5.32 Å². The van der Waals surface area contributed by atoms with E-state index in [0.717, 1.165) is 0 Å². The fraction of sp³-hybridized carbons (Fsp3) is 0.0625. The van der Waals surface area contributed by atoms with Crippen molar-refractivity contribution in [2.24, 2.45) is 0 Å². The molecule has 0 aliphatic carbocycles. The van der Waals surface area contributed by atoms with E-state index in [2.05, 4.69) is 20.3 Å². The van der Waals surface area contributed by atoms with Crippen LogP contribution in [-0.2, 0) is 6.61 Å². The Morgan fingerprint density at radius 1 is 1.38 bits per heavy atom. The normalized spacial score (nSPS) is 11.2. The third-order valence-corrected chi connectivity index (χ3v) is 3.97. The number of benzene rings is 1. The van der Waals surface area contributed by atoms with Crippen LogP contribution in [0.25, 0.3) is 16.7 Å². The molecule has 0 radical (unpaired) electrons. The van der Waals surface area contributed by atoms with Gasteiger partial charge in [0.25, 0.3) is 5.91 Å². The molecule has 3 heterocycles. The maximum atomic E-state index is 12.5. The average molecular weight is 342 g/mol. The molecule has 7 nitrogen and oxygen atoms in total. The highest BCUT2D eigenvalue weighted by Gasteiger charge is 2.12. The van der Waals surface area contributed by atoms with E-state index in [-0.39, 0.29) is 12.5 Å². The summed E-state index contributed by atoms with van der Waals surface area (Å²) in [5.41, 5.74) is 2.42. The number of aromatic nitrogens is 4. The number of anilines is 1. The third-order valence-electron chi connectivity index (χ3n) is 3.67. The van der Waals surface area contributed by atoms with Gasteiger partial charge in [0, 0.05) is 11.8 Å². The lowest BCUT2D eigenvalue weighted by atomic mass is 10.2. The van der Waals surface area contributed by atoms with Crippen LogP contribution in [0.3, 0.4) is 0 Å². The molecule has 0 aliphatic heterocycles. The molecule has 24 heavy (non-hydrogen) atoms. The Kier molecular flexibility index (Phi) is 3.44. The largest absolute Gasteiger partial charge is 0.388 e. The Labute approximate surface area is 140 Å². The summed E-state index contributed by atoms with van der Waals surface area (Å²) in [5, 5.41) is 12.4. The molecular formula is C16H12ClN5O2. The van der Waals surface area contributed by atoms with Crippen molar-refractivity contribution in [1.29, 1.82) is 0 Å². The Bertz CT molecular complexity index is 1070. The molecule has 0 aliphatic rings. The first-order valence-electron chi connectivity index (χ1n) is 7.18. The molecule has 0 spiro atoms. The van der Waals surface area contributed by atoms with Gasteiger partial charge in [0.15, 0.2) is 5.65 Å². The number of amides is 1. The number of aromatic amines is 1. The molecule has 0 saturated carbocycles. The van der Waals surface area contributed by atoms with Crippen LogP contribution in [0.4, 0.5) is 5.82 Å². The molecule has 0 saturated heterocycles. The Morgan fingerprint density at radius 2 is 2.25 bits per heavy atom. The number of pyridine rings is 1. The minimum absolute atomic E-state index is 0.182. The summed E-state index contributed by atoms with van der Waals surface area (Å²) in [6, 6.07) is 8.61. The molecule has 1 aromatic carbocycles. The smallest absolute Gasteiger partial charge is 0.256 e. The second-order valence-corrected chi connectivity index (χ2v) is 5.63. The van der Waals surface area contributed by atoms with Crippen LogP contribution in [0.5, 0.6) is 0 Å². The number of rotatable bonds is 3. The first-order valence-corrected chi connectivity index (χ1v) is 7.56. The number of H-pyrrole nitrogens is 1. The first-order chi connectivity index (χ1) is 11.7. The van der Waals surface area contributed by atoms with Crippen molar-refractivity contribution in [3.05, 3.63) is 59.1 Å². The van der Waals surface area contributed by atoms with Crippen LogP contribution < -0.4 is 5.32 Å². The van der Waals surface area contributed by atoms with Gasteiger partial charge < -0.3 is 15.4 Å².